The molecule has 1 saturated heterocycles. The first-order chi connectivity index (χ1) is 10.1. The molecular formula is C13H18N2O6. The lowest BCUT2D eigenvalue weighted by Gasteiger charge is -2.31. The SMILES string of the molecule is CCOC(=O)c1coc(N2CCOC(CC(=O)OC)C2)n1. The molecular weight excluding hydrogens is 280 g/mol. The van der Waals surface area contributed by atoms with Gasteiger partial charge in [-0.05, 0) is 6.92 Å². The minimum absolute atomic E-state index is 0.128. The Kier molecular flexibility index (Phi) is 5.15. The average molecular weight is 298 g/mol. The minimum Gasteiger partial charge on any atom is -0.469 e. The summed E-state index contributed by atoms with van der Waals surface area (Å²) in [7, 11) is 1.34. The lowest BCUT2D eigenvalue weighted by Crippen LogP contribution is -2.43. The Balaban J connectivity index is 1.98. The monoisotopic (exact) mass is 298 g/mol. The Bertz CT molecular complexity index is 501. The predicted molar refractivity (Wildman–Crippen MR) is 71.0 cm³/mol. The summed E-state index contributed by atoms with van der Waals surface area (Å²) in [6.45, 7) is 3.45. The number of oxazole rings is 1. The van der Waals surface area contributed by atoms with E-state index in [4.69, 9.17) is 13.9 Å². The maximum absolute atomic E-state index is 11.5. The van der Waals surface area contributed by atoms with Crippen LogP contribution >= 0.6 is 0 Å². The zero-order chi connectivity index (χ0) is 15.2. The summed E-state index contributed by atoms with van der Waals surface area (Å²) in [5.74, 6) is -0.853. The van der Waals surface area contributed by atoms with Gasteiger partial charge in [0.15, 0.2) is 5.69 Å². The van der Waals surface area contributed by atoms with E-state index in [-0.39, 0.29) is 30.8 Å². The van der Waals surface area contributed by atoms with Gasteiger partial charge in [0.1, 0.15) is 6.26 Å². The van der Waals surface area contributed by atoms with Gasteiger partial charge in [-0.15, -0.1) is 0 Å². The van der Waals surface area contributed by atoms with Crippen LogP contribution in [0, 0.1) is 0 Å². The molecule has 8 heteroatoms. The van der Waals surface area contributed by atoms with Crippen molar-refractivity contribution < 1.29 is 28.2 Å². The van der Waals surface area contributed by atoms with Crippen LogP contribution < -0.4 is 4.90 Å². The Morgan fingerprint density at radius 1 is 1.52 bits per heavy atom. The van der Waals surface area contributed by atoms with Crippen molar-refractivity contribution in [2.75, 3.05) is 38.3 Å². The van der Waals surface area contributed by atoms with E-state index in [0.717, 1.165) is 0 Å². The number of nitrogens with zero attached hydrogens (tertiary/aromatic N) is 2. The third kappa shape index (κ3) is 3.94. The molecule has 1 aromatic rings. The number of esters is 2. The van der Waals surface area contributed by atoms with Crippen molar-refractivity contribution in [2.45, 2.75) is 19.4 Å². The lowest BCUT2D eigenvalue weighted by atomic mass is 10.2. The van der Waals surface area contributed by atoms with Crippen molar-refractivity contribution in [1.29, 1.82) is 0 Å². The van der Waals surface area contributed by atoms with Crippen LogP contribution in [0.4, 0.5) is 6.01 Å². The van der Waals surface area contributed by atoms with E-state index in [1.54, 1.807) is 6.92 Å². The van der Waals surface area contributed by atoms with Crippen LogP contribution in [0.25, 0.3) is 0 Å². The fourth-order valence-electron chi connectivity index (χ4n) is 1.99. The molecule has 1 aliphatic heterocycles. The number of anilines is 1. The minimum atomic E-state index is -0.521. The van der Waals surface area contributed by atoms with Gasteiger partial charge in [-0.2, -0.15) is 4.98 Å². The van der Waals surface area contributed by atoms with Crippen molar-refractivity contribution in [2.24, 2.45) is 0 Å². The van der Waals surface area contributed by atoms with Crippen molar-refractivity contribution >= 4 is 18.0 Å². The smallest absolute Gasteiger partial charge is 0.360 e. The summed E-state index contributed by atoms with van der Waals surface area (Å²) in [6, 6.07) is 0.316. The van der Waals surface area contributed by atoms with Crippen LogP contribution in [0.5, 0.6) is 0 Å². The molecule has 0 spiro atoms. The molecule has 2 rings (SSSR count). The first-order valence-corrected chi connectivity index (χ1v) is 6.70. The number of hydrogen-bond acceptors (Lipinski definition) is 8. The second-order valence-electron chi connectivity index (χ2n) is 4.45. The lowest BCUT2D eigenvalue weighted by molar-refractivity contribution is -0.144. The number of aromatic nitrogens is 1. The number of methoxy groups -OCH3 is 1. The standard InChI is InChI=1S/C13H18N2O6/c1-3-19-12(17)10-8-21-13(14-10)15-4-5-20-9(7-15)6-11(16)18-2/h8-9H,3-7H2,1-2H3. The molecule has 116 valence electrons. The molecule has 0 bridgehead atoms. The number of hydrogen-bond donors (Lipinski definition) is 0. The highest BCUT2D eigenvalue weighted by Gasteiger charge is 2.26. The van der Waals surface area contributed by atoms with Gasteiger partial charge in [-0.1, -0.05) is 0 Å². The van der Waals surface area contributed by atoms with E-state index in [1.807, 2.05) is 4.90 Å². The number of ether oxygens (including phenoxy) is 3. The molecule has 0 radical (unpaired) electrons. The molecule has 2 heterocycles. The zero-order valence-corrected chi connectivity index (χ0v) is 12.0. The van der Waals surface area contributed by atoms with Gasteiger partial charge in [0.2, 0.25) is 0 Å². The molecule has 0 saturated carbocycles. The summed E-state index contributed by atoms with van der Waals surface area (Å²) in [6.07, 6.45) is 1.14. The highest BCUT2D eigenvalue weighted by molar-refractivity contribution is 5.87. The molecule has 0 N–H and O–H groups in total. The van der Waals surface area contributed by atoms with Crippen molar-refractivity contribution in [3.63, 3.8) is 0 Å². The third-order valence-electron chi connectivity index (χ3n) is 3.01. The van der Waals surface area contributed by atoms with E-state index in [1.165, 1.54) is 13.4 Å². The summed E-state index contributed by atoms with van der Waals surface area (Å²) in [5, 5.41) is 0. The highest BCUT2D eigenvalue weighted by atomic mass is 16.5. The molecule has 1 fully saturated rings. The highest BCUT2D eigenvalue weighted by Crippen LogP contribution is 2.19. The largest absolute Gasteiger partial charge is 0.469 e. The van der Waals surface area contributed by atoms with Crippen LogP contribution in [-0.4, -0.2) is 56.4 Å². The second kappa shape index (κ2) is 7.07. The van der Waals surface area contributed by atoms with Crippen LogP contribution in [0.15, 0.2) is 10.7 Å². The molecule has 0 aromatic carbocycles. The van der Waals surface area contributed by atoms with Gasteiger partial charge >= 0.3 is 11.9 Å². The number of carbonyl (C=O) groups excluding carboxylic acids is 2. The molecule has 1 atom stereocenters. The Labute approximate surface area is 122 Å². The summed E-state index contributed by atoms with van der Waals surface area (Å²) in [4.78, 5) is 28.7. The number of morpholine rings is 1. The van der Waals surface area contributed by atoms with Crippen molar-refractivity contribution in [1.82, 2.24) is 4.98 Å². The molecule has 1 aromatic heterocycles. The van der Waals surface area contributed by atoms with E-state index >= 15 is 0 Å². The molecule has 1 unspecified atom stereocenters. The number of carbonyl (C=O) groups is 2. The van der Waals surface area contributed by atoms with Crippen molar-refractivity contribution in [3.8, 4) is 0 Å². The number of rotatable bonds is 5. The normalized spacial score (nSPS) is 18.4. The van der Waals surface area contributed by atoms with Gasteiger partial charge in [-0.3, -0.25) is 4.79 Å². The maximum Gasteiger partial charge on any atom is 0.360 e. The first kappa shape index (κ1) is 15.3. The first-order valence-electron chi connectivity index (χ1n) is 6.70. The van der Waals surface area contributed by atoms with Crippen LogP contribution in [-0.2, 0) is 19.0 Å². The summed E-state index contributed by atoms with van der Waals surface area (Å²) in [5.41, 5.74) is 0.128. The molecule has 21 heavy (non-hydrogen) atoms. The quantitative estimate of drug-likeness (QED) is 0.731. The second-order valence-corrected chi connectivity index (χ2v) is 4.45. The Hall–Kier alpha value is -2.09. The van der Waals surface area contributed by atoms with E-state index < -0.39 is 5.97 Å². The Morgan fingerprint density at radius 3 is 3.05 bits per heavy atom. The maximum atomic E-state index is 11.5. The van der Waals surface area contributed by atoms with Gasteiger partial charge in [0.25, 0.3) is 6.01 Å². The van der Waals surface area contributed by atoms with Gasteiger partial charge in [0.05, 0.1) is 32.8 Å². The Morgan fingerprint density at radius 2 is 2.33 bits per heavy atom. The van der Waals surface area contributed by atoms with Crippen LogP contribution in [0.1, 0.15) is 23.8 Å². The summed E-state index contributed by atoms with van der Waals surface area (Å²) < 4.78 is 20.3. The van der Waals surface area contributed by atoms with E-state index in [2.05, 4.69) is 9.72 Å². The van der Waals surface area contributed by atoms with Gasteiger partial charge < -0.3 is 23.5 Å². The van der Waals surface area contributed by atoms with E-state index in [0.29, 0.717) is 25.7 Å². The molecule has 1 aliphatic rings. The molecule has 8 nitrogen and oxygen atoms in total. The van der Waals surface area contributed by atoms with E-state index in [9.17, 15) is 9.59 Å². The summed E-state index contributed by atoms with van der Waals surface area (Å²) >= 11 is 0. The van der Waals surface area contributed by atoms with Crippen LogP contribution in [0.2, 0.25) is 0 Å². The predicted octanol–water partition coefficient (Wildman–Crippen LogP) is 0.620. The van der Waals surface area contributed by atoms with Gasteiger partial charge in [0, 0.05) is 13.1 Å². The zero-order valence-electron chi connectivity index (χ0n) is 12.0. The molecule has 0 aliphatic carbocycles. The van der Waals surface area contributed by atoms with Crippen LogP contribution in [0.3, 0.4) is 0 Å². The fourth-order valence-corrected chi connectivity index (χ4v) is 1.99. The van der Waals surface area contributed by atoms with Gasteiger partial charge in [-0.25, -0.2) is 4.79 Å². The average Bonchev–Trinajstić information content (AvgIpc) is 2.97. The van der Waals surface area contributed by atoms with Crippen molar-refractivity contribution in [3.05, 3.63) is 12.0 Å². The molecule has 0 amide bonds. The fraction of sp³-hybridized carbons (Fsp3) is 0.615. The third-order valence-corrected chi connectivity index (χ3v) is 3.01. The topological polar surface area (TPSA) is 91.1 Å².